The Labute approximate surface area is 116 Å². The minimum absolute atomic E-state index is 0.295. The lowest BCUT2D eigenvalue weighted by Crippen LogP contribution is -2.33. The van der Waals surface area contributed by atoms with Gasteiger partial charge in [-0.15, -0.1) is 0 Å². The SMILES string of the molecule is COCCN(CC(C)C)c1c(N)c(C)nn1C(C)C. The van der Waals surface area contributed by atoms with Gasteiger partial charge in [0.15, 0.2) is 5.82 Å². The molecule has 5 nitrogen and oxygen atoms in total. The number of nitrogens with two attached hydrogens (primary N) is 1. The van der Waals surface area contributed by atoms with E-state index in [1.165, 1.54) is 0 Å². The average molecular weight is 268 g/mol. The average Bonchev–Trinajstić information content (AvgIpc) is 2.61. The van der Waals surface area contributed by atoms with Gasteiger partial charge in [0.25, 0.3) is 0 Å². The smallest absolute Gasteiger partial charge is 0.151 e. The Morgan fingerprint density at radius 2 is 1.95 bits per heavy atom. The van der Waals surface area contributed by atoms with E-state index in [9.17, 15) is 0 Å². The van der Waals surface area contributed by atoms with Crippen molar-refractivity contribution in [1.82, 2.24) is 9.78 Å². The predicted octanol–water partition coefficient (Wildman–Crippen LogP) is 2.46. The van der Waals surface area contributed by atoms with Gasteiger partial charge in [-0.3, -0.25) is 0 Å². The lowest BCUT2D eigenvalue weighted by Gasteiger charge is -2.28. The largest absolute Gasteiger partial charge is 0.394 e. The van der Waals surface area contributed by atoms with Crippen molar-refractivity contribution >= 4 is 11.5 Å². The van der Waals surface area contributed by atoms with E-state index in [0.717, 1.165) is 30.3 Å². The molecule has 0 saturated carbocycles. The van der Waals surface area contributed by atoms with E-state index in [4.69, 9.17) is 10.5 Å². The topological polar surface area (TPSA) is 56.3 Å². The van der Waals surface area contributed by atoms with Crippen molar-refractivity contribution in [3.8, 4) is 0 Å². The molecule has 0 fully saturated rings. The fourth-order valence-corrected chi connectivity index (χ4v) is 2.15. The summed E-state index contributed by atoms with van der Waals surface area (Å²) in [5.74, 6) is 1.59. The molecule has 0 atom stereocenters. The summed E-state index contributed by atoms with van der Waals surface area (Å²) >= 11 is 0. The Morgan fingerprint density at radius 1 is 1.32 bits per heavy atom. The van der Waals surface area contributed by atoms with Crippen LogP contribution in [-0.2, 0) is 4.74 Å². The lowest BCUT2D eigenvalue weighted by atomic mass is 10.2. The minimum atomic E-state index is 0.295. The maximum absolute atomic E-state index is 6.22. The van der Waals surface area contributed by atoms with Gasteiger partial charge < -0.3 is 15.4 Å². The zero-order valence-corrected chi connectivity index (χ0v) is 13.1. The third kappa shape index (κ3) is 3.86. The van der Waals surface area contributed by atoms with Gasteiger partial charge in [0.05, 0.1) is 18.0 Å². The van der Waals surface area contributed by atoms with Crippen molar-refractivity contribution in [2.45, 2.75) is 40.7 Å². The molecule has 110 valence electrons. The maximum atomic E-state index is 6.22. The molecule has 1 rings (SSSR count). The third-order valence-electron chi connectivity index (χ3n) is 3.04. The van der Waals surface area contributed by atoms with Crippen LogP contribution in [0.2, 0.25) is 0 Å². The van der Waals surface area contributed by atoms with Crippen LogP contribution in [0.4, 0.5) is 11.5 Å². The first-order chi connectivity index (χ1) is 8.88. The number of aryl methyl sites for hydroxylation is 1. The number of aromatic nitrogens is 2. The molecule has 5 heteroatoms. The summed E-state index contributed by atoms with van der Waals surface area (Å²) in [7, 11) is 1.72. The van der Waals surface area contributed by atoms with E-state index in [1.54, 1.807) is 7.11 Å². The highest BCUT2D eigenvalue weighted by atomic mass is 16.5. The van der Waals surface area contributed by atoms with Gasteiger partial charge in [0.2, 0.25) is 0 Å². The van der Waals surface area contributed by atoms with Crippen LogP contribution in [-0.4, -0.2) is 36.6 Å². The Hall–Kier alpha value is -1.23. The molecule has 0 aliphatic carbocycles. The molecule has 2 N–H and O–H groups in total. The van der Waals surface area contributed by atoms with E-state index in [2.05, 4.69) is 37.7 Å². The standard InChI is InChI=1S/C14H28N4O/c1-10(2)9-17(7-8-19-6)14-13(15)12(5)16-18(14)11(3)4/h10-11H,7-9,15H2,1-6H3. The predicted molar refractivity (Wildman–Crippen MR) is 80.7 cm³/mol. The highest BCUT2D eigenvalue weighted by molar-refractivity contribution is 5.66. The van der Waals surface area contributed by atoms with Crippen molar-refractivity contribution in [1.29, 1.82) is 0 Å². The first kappa shape index (κ1) is 15.8. The quantitative estimate of drug-likeness (QED) is 0.825. The second-order valence-corrected chi connectivity index (χ2v) is 5.69. The van der Waals surface area contributed by atoms with Gasteiger partial charge in [0, 0.05) is 26.2 Å². The Bertz CT molecular complexity index is 398. The number of methoxy groups -OCH3 is 1. The number of hydrogen-bond donors (Lipinski definition) is 1. The molecule has 0 aliphatic heterocycles. The molecule has 0 amide bonds. The highest BCUT2D eigenvalue weighted by Gasteiger charge is 2.21. The molecule has 0 radical (unpaired) electrons. The molecule has 1 aromatic heterocycles. The van der Waals surface area contributed by atoms with Crippen LogP contribution >= 0.6 is 0 Å². The van der Waals surface area contributed by atoms with Crippen LogP contribution in [0.5, 0.6) is 0 Å². The van der Waals surface area contributed by atoms with Crippen molar-refractivity contribution in [3.05, 3.63) is 5.69 Å². The van der Waals surface area contributed by atoms with Crippen LogP contribution < -0.4 is 10.6 Å². The molecule has 19 heavy (non-hydrogen) atoms. The first-order valence-corrected chi connectivity index (χ1v) is 6.96. The van der Waals surface area contributed by atoms with E-state index < -0.39 is 0 Å². The summed E-state index contributed by atoms with van der Waals surface area (Å²) in [5, 5.41) is 4.56. The molecule has 1 aromatic rings. The summed E-state index contributed by atoms with van der Waals surface area (Å²) in [6.07, 6.45) is 0. The second kappa shape index (κ2) is 6.80. The zero-order valence-electron chi connectivity index (χ0n) is 13.1. The number of hydrogen-bond acceptors (Lipinski definition) is 4. The fourth-order valence-electron chi connectivity index (χ4n) is 2.15. The van der Waals surface area contributed by atoms with E-state index in [1.807, 2.05) is 11.6 Å². The number of nitrogen functional groups attached to an aromatic ring is 1. The Kier molecular flexibility index (Phi) is 5.66. The Balaban J connectivity index is 3.12. The highest BCUT2D eigenvalue weighted by Crippen LogP contribution is 2.29. The van der Waals surface area contributed by atoms with Crippen molar-refractivity contribution in [3.63, 3.8) is 0 Å². The maximum Gasteiger partial charge on any atom is 0.151 e. The molecular weight excluding hydrogens is 240 g/mol. The van der Waals surface area contributed by atoms with E-state index in [-0.39, 0.29) is 0 Å². The fraction of sp³-hybridized carbons (Fsp3) is 0.786. The van der Waals surface area contributed by atoms with Gasteiger partial charge >= 0.3 is 0 Å². The second-order valence-electron chi connectivity index (χ2n) is 5.69. The monoisotopic (exact) mass is 268 g/mol. The van der Waals surface area contributed by atoms with Gasteiger partial charge in [-0.25, -0.2) is 4.68 Å². The molecule has 1 heterocycles. The van der Waals surface area contributed by atoms with Crippen LogP contribution in [0.1, 0.15) is 39.4 Å². The van der Waals surface area contributed by atoms with Crippen LogP contribution in [0.25, 0.3) is 0 Å². The van der Waals surface area contributed by atoms with Gasteiger partial charge in [0.1, 0.15) is 0 Å². The van der Waals surface area contributed by atoms with Gasteiger partial charge in [-0.05, 0) is 26.7 Å². The molecule has 0 aliphatic rings. The van der Waals surface area contributed by atoms with Crippen molar-refractivity contribution in [2.75, 3.05) is 37.4 Å². The summed E-state index contributed by atoms with van der Waals surface area (Å²) in [6.45, 7) is 13.1. The molecule has 0 saturated heterocycles. The minimum Gasteiger partial charge on any atom is -0.394 e. The third-order valence-corrected chi connectivity index (χ3v) is 3.04. The number of nitrogens with zero attached hydrogens (tertiary/aromatic N) is 3. The molecule has 0 bridgehead atoms. The molecule has 0 aromatic carbocycles. The normalized spacial score (nSPS) is 11.6. The number of rotatable bonds is 7. The van der Waals surface area contributed by atoms with Gasteiger partial charge in [-0.1, -0.05) is 13.8 Å². The lowest BCUT2D eigenvalue weighted by molar-refractivity contribution is 0.204. The zero-order chi connectivity index (χ0) is 14.6. The summed E-state index contributed by atoms with van der Waals surface area (Å²) in [5.41, 5.74) is 7.90. The summed E-state index contributed by atoms with van der Waals surface area (Å²) in [6, 6.07) is 0.295. The first-order valence-electron chi connectivity index (χ1n) is 6.96. The Morgan fingerprint density at radius 3 is 2.42 bits per heavy atom. The van der Waals surface area contributed by atoms with Crippen molar-refractivity contribution in [2.24, 2.45) is 5.92 Å². The van der Waals surface area contributed by atoms with Crippen LogP contribution in [0.15, 0.2) is 0 Å². The van der Waals surface area contributed by atoms with Crippen molar-refractivity contribution < 1.29 is 4.74 Å². The van der Waals surface area contributed by atoms with E-state index in [0.29, 0.717) is 18.6 Å². The molecule has 0 spiro atoms. The van der Waals surface area contributed by atoms with Crippen LogP contribution in [0, 0.1) is 12.8 Å². The molecule has 0 unspecified atom stereocenters. The van der Waals surface area contributed by atoms with Gasteiger partial charge in [-0.2, -0.15) is 5.10 Å². The summed E-state index contributed by atoms with van der Waals surface area (Å²) in [4.78, 5) is 2.28. The number of ether oxygens (including phenoxy) is 1. The van der Waals surface area contributed by atoms with Crippen LogP contribution in [0.3, 0.4) is 0 Å². The summed E-state index contributed by atoms with van der Waals surface area (Å²) < 4.78 is 7.23. The molecular formula is C14H28N4O. The number of anilines is 2. The van der Waals surface area contributed by atoms with E-state index >= 15 is 0 Å².